The first kappa shape index (κ1) is 8.31. The van der Waals surface area contributed by atoms with E-state index in [0.717, 1.165) is 29.2 Å². The third-order valence-electron chi connectivity index (χ3n) is 2.72. The summed E-state index contributed by atoms with van der Waals surface area (Å²) in [5, 5.41) is 13.3. The van der Waals surface area contributed by atoms with Crippen molar-refractivity contribution in [3.63, 3.8) is 0 Å². The molecule has 0 bridgehead atoms. The Morgan fingerprint density at radius 2 is 2.43 bits per heavy atom. The van der Waals surface area contributed by atoms with Crippen molar-refractivity contribution in [2.24, 2.45) is 5.73 Å². The van der Waals surface area contributed by atoms with E-state index in [1.54, 1.807) is 22.2 Å². The van der Waals surface area contributed by atoms with Crippen LogP contribution in [0.1, 0.15) is 30.2 Å². The molecule has 0 aromatic carbocycles. The molecule has 6 heteroatoms. The molecular formula is C8H11N5S. The molecule has 14 heavy (non-hydrogen) atoms. The molecule has 0 spiro atoms. The van der Waals surface area contributed by atoms with Crippen molar-refractivity contribution in [2.75, 3.05) is 0 Å². The number of hydrogen-bond acceptors (Lipinski definition) is 5. The number of nitrogens with zero attached hydrogens (tertiary/aromatic N) is 4. The third kappa shape index (κ3) is 1.22. The van der Waals surface area contributed by atoms with E-state index in [1.165, 1.54) is 0 Å². The molecule has 0 radical (unpaired) electrons. The Morgan fingerprint density at radius 1 is 1.50 bits per heavy atom. The molecule has 1 fully saturated rings. The van der Waals surface area contributed by atoms with Gasteiger partial charge >= 0.3 is 0 Å². The Morgan fingerprint density at radius 3 is 3.14 bits per heavy atom. The number of fused-ring (bicyclic) bond motifs is 1. The van der Waals surface area contributed by atoms with Gasteiger partial charge in [0.2, 0.25) is 4.96 Å². The maximum Gasteiger partial charge on any atom is 0.234 e. The molecule has 2 N–H and O–H groups in total. The molecule has 1 saturated carbocycles. The van der Waals surface area contributed by atoms with Crippen LogP contribution in [0.15, 0.2) is 6.33 Å². The number of nitrogens with two attached hydrogens (primary N) is 1. The standard InChI is InChI=1S/C8H11N5S/c9-6-2-1-5(3-6)7-12-13-4-10-11-8(13)14-7/h4-6H,1-3,9H2. The van der Waals surface area contributed by atoms with Crippen molar-refractivity contribution in [3.8, 4) is 0 Å². The van der Waals surface area contributed by atoms with Crippen LogP contribution in [-0.4, -0.2) is 25.9 Å². The van der Waals surface area contributed by atoms with Gasteiger partial charge in [0.05, 0.1) is 0 Å². The smallest absolute Gasteiger partial charge is 0.234 e. The van der Waals surface area contributed by atoms with Crippen LogP contribution in [0.5, 0.6) is 0 Å². The lowest BCUT2D eigenvalue weighted by Gasteiger charge is -2.02. The van der Waals surface area contributed by atoms with Gasteiger partial charge in [0.1, 0.15) is 11.3 Å². The first-order valence-electron chi connectivity index (χ1n) is 4.75. The Balaban J connectivity index is 1.94. The van der Waals surface area contributed by atoms with Crippen molar-refractivity contribution >= 4 is 16.3 Å². The fourth-order valence-electron chi connectivity index (χ4n) is 1.98. The quantitative estimate of drug-likeness (QED) is 0.753. The molecular weight excluding hydrogens is 198 g/mol. The summed E-state index contributed by atoms with van der Waals surface area (Å²) in [5.41, 5.74) is 5.87. The van der Waals surface area contributed by atoms with Crippen LogP contribution in [-0.2, 0) is 0 Å². The van der Waals surface area contributed by atoms with Crippen LogP contribution in [0.3, 0.4) is 0 Å². The molecule has 2 atom stereocenters. The maximum absolute atomic E-state index is 5.87. The minimum absolute atomic E-state index is 0.356. The van der Waals surface area contributed by atoms with Gasteiger partial charge in [-0.15, -0.1) is 10.2 Å². The van der Waals surface area contributed by atoms with Crippen molar-refractivity contribution in [1.82, 2.24) is 19.8 Å². The summed E-state index contributed by atoms with van der Waals surface area (Å²) in [5.74, 6) is 0.539. The second kappa shape index (κ2) is 2.99. The van der Waals surface area contributed by atoms with Gasteiger partial charge in [0.25, 0.3) is 0 Å². The zero-order chi connectivity index (χ0) is 9.54. The molecule has 2 aromatic rings. The van der Waals surface area contributed by atoms with Gasteiger partial charge < -0.3 is 5.73 Å². The van der Waals surface area contributed by atoms with Gasteiger partial charge in [-0.2, -0.15) is 9.61 Å². The van der Waals surface area contributed by atoms with Crippen LogP contribution in [0.4, 0.5) is 0 Å². The lowest BCUT2D eigenvalue weighted by molar-refractivity contribution is 0.662. The van der Waals surface area contributed by atoms with Crippen molar-refractivity contribution in [3.05, 3.63) is 11.3 Å². The molecule has 74 valence electrons. The van der Waals surface area contributed by atoms with Gasteiger partial charge in [-0.05, 0) is 19.3 Å². The third-order valence-corrected chi connectivity index (χ3v) is 3.80. The van der Waals surface area contributed by atoms with E-state index in [0.29, 0.717) is 12.0 Å². The van der Waals surface area contributed by atoms with Crippen molar-refractivity contribution < 1.29 is 0 Å². The van der Waals surface area contributed by atoms with Crippen LogP contribution in [0.2, 0.25) is 0 Å². The average Bonchev–Trinajstić information content (AvgIpc) is 2.75. The molecule has 0 aliphatic heterocycles. The highest BCUT2D eigenvalue weighted by atomic mass is 32.1. The fraction of sp³-hybridized carbons (Fsp3) is 0.625. The number of hydrogen-bond donors (Lipinski definition) is 1. The predicted molar refractivity (Wildman–Crippen MR) is 53.2 cm³/mol. The molecule has 0 amide bonds. The highest BCUT2D eigenvalue weighted by Crippen LogP contribution is 2.35. The molecule has 3 rings (SSSR count). The molecule has 2 unspecified atom stereocenters. The molecule has 2 aromatic heterocycles. The Labute approximate surface area is 84.9 Å². The van der Waals surface area contributed by atoms with E-state index in [9.17, 15) is 0 Å². The van der Waals surface area contributed by atoms with Gasteiger partial charge in [0, 0.05) is 12.0 Å². The summed E-state index contributed by atoms with van der Waals surface area (Å²) in [6, 6.07) is 0.356. The zero-order valence-corrected chi connectivity index (χ0v) is 8.44. The van der Waals surface area contributed by atoms with Crippen molar-refractivity contribution in [2.45, 2.75) is 31.2 Å². The first-order valence-corrected chi connectivity index (χ1v) is 5.57. The molecule has 2 heterocycles. The topological polar surface area (TPSA) is 69.1 Å². The van der Waals surface area contributed by atoms with Crippen LogP contribution >= 0.6 is 11.3 Å². The molecule has 0 saturated heterocycles. The largest absolute Gasteiger partial charge is 0.328 e. The van der Waals surface area contributed by atoms with E-state index < -0.39 is 0 Å². The molecule has 5 nitrogen and oxygen atoms in total. The van der Waals surface area contributed by atoms with Gasteiger partial charge in [-0.25, -0.2) is 0 Å². The number of aromatic nitrogens is 4. The van der Waals surface area contributed by atoms with E-state index >= 15 is 0 Å². The van der Waals surface area contributed by atoms with Gasteiger partial charge in [-0.3, -0.25) is 0 Å². The summed E-state index contributed by atoms with van der Waals surface area (Å²) in [6.07, 6.45) is 4.98. The molecule has 1 aliphatic carbocycles. The monoisotopic (exact) mass is 209 g/mol. The lowest BCUT2D eigenvalue weighted by atomic mass is 10.1. The second-order valence-corrected chi connectivity index (χ2v) is 4.76. The maximum atomic E-state index is 5.87. The fourth-order valence-corrected chi connectivity index (χ4v) is 2.95. The Hall–Kier alpha value is -1.01. The Kier molecular flexibility index (Phi) is 1.78. The second-order valence-electron chi connectivity index (χ2n) is 3.77. The van der Waals surface area contributed by atoms with Gasteiger partial charge in [0.15, 0.2) is 0 Å². The summed E-state index contributed by atoms with van der Waals surface area (Å²) in [7, 11) is 0. The lowest BCUT2D eigenvalue weighted by Crippen LogP contribution is -2.14. The van der Waals surface area contributed by atoms with Crippen LogP contribution in [0, 0.1) is 0 Å². The van der Waals surface area contributed by atoms with E-state index in [4.69, 9.17) is 5.73 Å². The highest BCUT2D eigenvalue weighted by molar-refractivity contribution is 7.16. The average molecular weight is 209 g/mol. The molecule has 1 aliphatic rings. The van der Waals surface area contributed by atoms with Gasteiger partial charge in [-0.1, -0.05) is 11.3 Å². The minimum Gasteiger partial charge on any atom is -0.328 e. The van der Waals surface area contributed by atoms with E-state index in [1.807, 2.05) is 0 Å². The first-order chi connectivity index (χ1) is 6.83. The minimum atomic E-state index is 0.356. The summed E-state index contributed by atoms with van der Waals surface area (Å²) in [4.78, 5) is 0.875. The van der Waals surface area contributed by atoms with E-state index in [2.05, 4.69) is 15.3 Å². The van der Waals surface area contributed by atoms with Crippen molar-refractivity contribution in [1.29, 1.82) is 0 Å². The van der Waals surface area contributed by atoms with E-state index in [-0.39, 0.29) is 0 Å². The predicted octanol–water partition coefficient (Wildman–Crippen LogP) is 0.781. The Bertz CT molecular complexity index is 419. The SMILES string of the molecule is NC1CCC(c2nn3cnnc3s2)C1. The van der Waals surface area contributed by atoms with Crippen LogP contribution in [0.25, 0.3) is 4.96 Å². The summed E-state index contributed by atoms with van der Waals surface area (Å²) >= 11 is 1.63. The summed E-state index contributed by atoms with van der Waals surface area (Å²) in [6.45, 7) is 0. The highest BCUT2D eigenvalue weighted by Gasteiger charge is 2.26. The zero-order valence-electron chi connectivity index (χ0n) is 7.63. The normalized spacial score (nSPS) is 27.5. The van der Waals surface area contributed by atoms with Crippen LogP contribution < -0.4 is 5.73 Å². The summed E-state index contributed by atoms with van der Waals surface area (Å²) < 4.78 is 1.74. The number of rotatable bonds is 1.